The highest BCUT2D eigenvalue weighted by Gasteiger charge is 2.53. The Morgan fingerprint density at radius 3 is 2.52 bits per heavy atom. The highest BCUT2D eigenvalue weighted by molar-refractivity contribution is 8.01. The third-order valence-electron chi connectivity index (χ3n) is 5.75. The van der Waals surface area contributed by atoms with Crippen molar-refractivity contribution in [2.45, 2.75) is 30.7 Å². The van der Waals surface area contributed by atoms with Gasteiger partial charge >= 0.3 is 0 Å². The maximum atomic E-state index is 13.0. The molecule has 3 aliphatic rings. The van der Waals surface area contributed by atoms with Crippen LogP contribution in [0.15, 0.2) is 24.3 Å². The van der Waals surface area contributed by atoms with Gasteiger partial charge in [-0.15, -0.1) is 11.8 Å². The number of thioether (sulfide) groups is 1. The average Bonchev–Trinajstić information content (AvgIpc) is 3.17. The van der Waals surface area contributed by atoms with Gasteiger partial charge in [-0.3, -0.25) is 19.7 Å². The van der Waals surface area contributed by atoms with Gasteiger partial charge in [0.1, 0.15) is 6.04 Å². The Bertz CT molecular complexity index is 778. The summed E-state index contributed by atoms with van der Waals surface area (Å²) < 4.78 is 0. The molecule has 2 atom stereocenters. The van der Waals surface area contributed by atoms with Gasteiger partial charge in [0.05, 0.1) is 9.79 Å². The number of anilines is 1. The molecule has 1 aromatic carbocycles. The summed E-state index contributed by atoms with van der Waals surface area (Å²) in [6.45, 7) is 4.59. The first-order valence-electron chi connectivity index (χ1n) is 9.13. The van der Waals surface area contributed by atoms with Gasteiger partial charge in [0.2, 0.25) is 11.8 Å². The Balaban J connectivity index is 1.38. The Morgan fingerprint density at radius 2 is 1.89 bits per heavy atom. The number of carbonyl (C=O) groups is 2. The second kappa shape index (κ2) is 6.70. The zero-order valence-electron chi connectivity index (χ0n) is 15.2. The molecule has 0 radical (unpaired) electrons. The molecule has 27 heavy (non-hydrogen) atoms. The predicted octanol–water partition coefficient (Wildman–Crippen LogP) is 1.70. The fourth-order valence-corrected chi connectivity index (χ4v) is 5.61. The zero-order chi connectivity index (χ0) is 19.2. The van der Waals surface area contributed by atoms with E-state index >= 15 is 0 Å². The van der Waals surface area contributed by atoms with Gasteiger partial charge in [0, 0.05) is 56.2 Å². The highest BCUT2D eigenvalue weighted by atomic mass is 32.2. The number of nitrogens with zero attached hydrogens (tertiary/aromatic N) is 4. The second-order valence-electron chi connectivity index (χ2n) is 7.35. The maximum Gasteiger partial charge on any atom is 0.269 e. The number of fused-ring (bicyclic) bond motifs is 1. The van der Waals surface area contributed by atoms with Gasteiger partial charge in [-0.2, -0.15) is 0 Å². The van der Waals surface area contributed by atoms with Crippen molar-refractivity contribution >= 4 is 35.0 Å². The van der Waals surface area contributed by atoms with Gasteiger partial charge in [-0.05, 0) is 25.5 Å². The Morgan fingerprint density at radius 1 is 1.22 bits per heavy atom. The van der Waals surface area contributed by atoms with Crippen molar-refractivity contribution in [3.63, 3.8) is 0 Å². The minimum atomic E-state index is -0.409. The first-order chi connectivity index (χ1) is 12.9. The molecule has 3 saturated heterocycles. The molecule has 0 unspecified atom stereocenters. The van der Waals surface area contributed by atoms with E-state index in [-0.39, 0.29) is 28.4 Å². The molecule has 3 aliphatic heterocycles. The predicted molar refractivity (Wildman–Crippen MR) is 103 cm³/mol. The van der Waals surface area contributed by atoms with Crippen LogP contribution in [0.5, 0.6) is 0 Å². The fourth-order valence-electron chi connectivity index (χ4n) is 4.18. The third-order valence-corrected chi connectivity index (χ3v) is 7.25. The first-order valence-corrected chi connectivity index (χ1v) is 10.1. The zero-order valence-corrected chi connectivity index (χ0v) is 16.0. The topological polar surface area (TPSA) is 87.0 Å². The van der Waals surface area contributed by atoms with Gasteiger partial charge in [-0.25, -0.2) is 0 Å². The van der Waals surface area contributed by atoms with E-state index in [2.05, 4.69) is 11.8 Å². The molecule has 144 valence electrons. The molecule has 9 heteroatoms. The van der Waals surface area contributed by atoms with Crippen LogP contribution in [-0.2, 0) is 9.59 Å². The van der Waals surface area contributed by atoms with E-state index in [1.807, 2.05) is 9.80 Å². The van der Waals surface area contributed by atoms with Crippen molar-refractivity contribution < 1.29 is 14.5 Å². The molecule has 3 fully saturated rings. The molecule has 0 spiro atoms. The van der Waals surface area contributed by atoms with E-state index in [9.17, 15) is 19.7 Å². The Hall–Kier alpha value is -2.29. The van der Waals surface area contributed by atoms with E-state index < -0.39 is 4.92 Å². The van der Waals surface area contributed by atoms with Crippen LogP contribution in [0.3, 0.4) is 0 Å². The summed E-state index contributed by atoms with van der Waals surface area (Å²) in [5, 5.41) is 10.8. The van der Waals surface area contributed by atoms with Gasteiger partial charge in [0.25, 0.3) is 5.69 Å². The van der Waals surface area contributed by atoms with Crippen molar-refractivity contribution in [3.8, 4) is 0 Å². The van der Waals surface area contributed by atoms with Crippen LogP contribution in [0.4, 0.5) is 11.4 Å². The van der Waals surface area contributed by atoms with Gasteiger partial charge in [-0.1, -0.05) is 0 Å². The van der Waals surface area contributed by atoms with Crippen molar-refractivity contribution in [3.05, 3.63) is 34.4 Å². The highest BCUT2D eigenvalue weighted by Crippen LogP contribution is 2.47. The van der Waals surface area contributed by atoms with Crippen LogP contribution in [0.25, 0.3) is 0 Å². The summed E-state index contributed by atoms with van der Waals surface area (Å²) in [4.78, 5) is 41.2. The second-order valence-corrected chi connectivity index (χ2v) is 8.85. The monoisotopic (exact) mass is 390 g/mol. The molecule has 2 amide bonds. The normalized spacial score (nSPS) is 27.8. The van der Waals surface area contributed by atoms with Crippen molar-refractivity contribution in [2.75, 3.05) is 36.8 Å². The van der Waals surface area contributed by atoms with Crippen LogP contribution in [0.1, 0.15) is 19.8 Å². The van der Waals surface area contributed by atoms with E-state index in [0.717, 1.165) is 12.1 Å². The van der Waals surface area contributed by atoms with Crippen LogP contribution in [0, 0.1) is 10.1 Å². The molecule has 0 aromatic heterocycles. The van der Waals surface area contributed by atoms with Crippen molar-refractivity contribution in [2.24, 2.45) is 0 Å². The number of nitro benzene ring substituents is 1. The SMILES string of the molecule is C[C@@]12CCC(=O)N1[C@@H](C(=O)N1CCN(c3ccc([N+](=O)[O-])cc3)CC1)CS2. The largest absolute Gasteiger partial charge is 0.368 e. The summed E-state index contributed by atoms with van der Waals surface area (Å²) in [6.07, 6.45) is 1.34. The van der Waals surface area contributed by atoms with Gasteiger partial charge < -0.3 is 14.7 Å². The first kappa shape index (κ1) is 18.1. The standard InChI is InChI=1S/C18H22N4O4S/c1-18-7-6-16(23)21(18)15(12-27-18)17(24)20-10-8-19(9-11-20)13-2-4-14(5-3-13)22(25)26/h2-5,15H,6-12H2,1H3/t15-,18-/m1/s1. The fraction of sp³-hybridized carbons (Fsp3) is 0.556. The number of hydrogen-bond acceptors (Lipinski definition) is 6. The summed E-state index contributed by atoms with van der Waals surface area (Å²) in [7, 11) is 0. The number of benzene rings is 1. The van der Waals surface area contributed by atoms with E-state index in [4.69, 9.17) is 0 Å². The number of amides is 2. The van der Waals surface area contributed by atoms with Crippen molar-refractivity contribution in [1.29, 1.82) is 0 Å². The minimum absolute atomic E-state index is 0.0461. The number of hydrogen-bond donors (Lipinski definition) is 0. The molecule has 0 saturated carbocycles. The third kappa shape index (κ3) is 3.13. The molecular weight excluding hydrogens is 368 g/mol. The lowest BCUT2D eigenvalue weighted by atomic mass is 10.1. The summed E-state index contributed by atoms with van der Waals surface area (Å²) in [5.41, 5.74) is 0.996. The quantitative estimate of drug-likeness (QED) is 0.577. The van der Waals surface area contributed by atoms with E-state index in [0.29, 0.717) is 38.4 Å². The summed E-state index contributed by atoms with van der Waals surface area (Å²) >= 11 is 1.71. The number of non-ortho nitro benzene ring substituents is 1. The molecule has 0 bridgehead atoms. The molecular formula is C18H22N4O4S. The van der Waals surface area contributed by atoms with Crippen LogP contribution in [-0.4, -0.2) is 69.4 Å². The molecule has 0 aliphatic carbocycles. The van der Waals surface area contributed by atoms with E-state index in [1.54, 1.807) is 23.9 Å². The lowest BCUT2D eigenvalue weighted by Gasteiger charge is -2.38. The molecule has 8 nitrogen and oxygen atoms in total. The Kier molecular flexibility index (Phi) is 4.49. The summed E-state index contributed by atoms with van der Waals surface area (Å²) in [6, 6.07) is 6.15. The smallest absolute Gasteiger partial charge is 0.269 e. The number of nitro groups is 1. The molecule has 3 heterocycles. The molecule has 0 N–H and O–H groups in total. The lowest BCUT2D eigenvalue weighted by Crippen LogP contribution is -2.56. The maximum absolute atomic E-state index is 13.0. The average molecular weight is 390 g/mol. The number of carbonyl (C=O) groups excluding carboxylic acids is 2. The molecule has 4 rings (SSSR count). The molecule has 1 aromatic rings. The number of rotatable bonds is 3. The van der Waals surface area contributed by atoms with Crippen LogP contribution in [0.2, 0.25) is 0 Å². The Labute approximate surface area is 161 Å². The number of piperazine rings is 1. The van der Waals surface area contributed by atoms with E-state index in [1.165, 1.54) is 12.1 Å². The lowest BCUT2D eigenvalue weighted by molar-refractivity contribution is -0.384. The summed E-state index contributed by atoms with van der Waals surface area (Å²) in [5.74, 6) is 0.805. The van der Waals surface area contributed by atoms with Crippen LogP contribution < -0.4 is 4.90 Å². The van der Waals surface area contributed by atoms with Gasteiger partial charge in [0.15, 0.2) is 0 Å². The minimum Gasteiger partial charge on any atom is -0.368 e. The van der Waals surface area contributed by atoms with Crippen molar-refractivity contribution in [1.82, 2.24) is 9.80 Å². The van der Waals surface area contributed by atoms with Crippen LogP contribution >= 0.6 is 11.8 Å².